The molecule has 130 valence electrons. The molecule has 8 nitrogen and oxygen atoms in total. The van der Waals surface area contributed by atoms with E-state index in [9.17, 15) is 13.8 Å². The minimum absolute atomic E-state index is 0.0317. The summed E-state index contributed by atoms with van der Waals surface area (Å²) in [7, 11) is -4.76. The highest BCUT2D eigenvalue weighted by molar-refractivity contribution is 7.46. The van der Waals surface area contributed by atoms with Gasteiger partial charge < -0.3 is 15.1 Å². The minimum atomic E-state index is -4.76. The monoisotopic (exact) mass is 377 g/mol. The fraction of sp³-hybridized carbons (Fsp3) is 0.231. The first kappa shape index (κ1) is 18.6. The maximum absolute atomic E-state index is 13.8. The Morgan fingerprint density at radius 2 is 2.12 bits per heavy atom. The van der Waals surface area contributed by atoms with E-state index in [2.05, 4.69) is 14.9 Å². The number of benzene rings is 1. The molecule has 1 aromatic carbocycles. The van der Waals surface area contributed by atoms with Crippen molar-refractivity contribution in [2.75, 3.05) is 5.32 Å². The minimum Gasteiger partial charge on any atom is -0.318 e. The molecule has 11 heteroatoms. The number of phosphoric ester groups is 1. The molecule has 0 bridgehead atoms. The number of nitrogens with one attached hydrogen (secondary N) is 1. The average molecular weight is 378 g/mol. The third kappa shape index (κ3) is 4.62. The summed E-state index contributed by atoms with van der Waals surface area (Å²) in [5, 5.41) is 6.08. The van der Waals surface area contributed by atoms with Crippen LogP contribution in [0.1, 0.15) is 29.2 Å². The topological polar surface area (TPSA) is 114 Å². The van der Waals surface area contributed by atoms with Gasteiger partial charge in [-0.25, -0.2) is 13.6 Å². The fourth-order valence-electron chi connectivity index (χ4n) is 1.89. The highest BCUT2D eigenvalue weighted by Crippen LogP contribution is 2.40. The van der Waals surface area contributed by atoms with E-state index in [0.717, 1.165) is 4.68 Å². The van der Waals surface area contributed by atoms with Crippen LogP contribution < -0.4 is 5.32 Å². The molecule has 0 aliphatic heterocycles. The Labute approximate surface area is 141 Å². The Kier molecular flexibility index (Phi) is 5.42. The fourth-order valence-corrected chi connectivity index (χ4v) is 2.65. The van der Waals surface area contributed by atoms with Crippen LogP contribution in [0.4, 0.5) is 10.1 Å². The number of phosphoric acid groups is 1. The van der Waals surface area contributed by atoms with Gasteiger partial charge in [0.05, 0.1) is 5.69 Å². The normalized spacial score (nSPS) is 12.9. The smallest absolute Gasteiger partial charge is 0.318 e. The summed E-state index contributed by atoms with van der Waals surface area (Å²) in [5.74, 6) is -1.34. The van der Waals surface area contributed by atoms with Gasteiger partial charge in [-0.1, -0.05) is 17.7 Å². The first-order valence-corrected chi connectivity index (χ1v) is 8.54. The van der Waals surface area contributed by atoms with E-state index in [1.165, 1.54) is 25.1 Å². The van der Waals surface area contributed by atoms with Crippen LogP contribution in [0, 0.1) is 12.7 Å². The zero-order valence-corrected chi connectivity index (χ0v) is 14.3. The summed E-state index contributed by atoms with van der Waals surface area (Å²) in [5.41, 5.74) is 0.498. The Bertz CT molecular complexity index is 822. The molecule has 0 aliphatic rings. The lowest BCUT2D eigenvalue weighted by Crippen LogP contribution is -2.16. The van der Waals surface area contributed by atoms with Crippen molar-refractivity contribution in [2.24, 2.45) is 0 Å². The Hall–Kier alpha value is -1.77. The number of aromatic nitrogens is 2. The predicted molar refractivity (Wildman–Crippen MR) is 84.2 cm³/mol. The maximum atomic E-state index is 13.8. The molecule has 3 N–H and O–H groups in total. The summed E-state index contributed by atoms with van der Waals surface area (Å²) in [6, 6.07) is 5.46. The van der Waals surface area contributed by atoms with Crippen molar-refractivity contribution in [3.05, 3.63) is 46.5 Å². The number of rotatable bonds is 5. The summed E-state index contributed by atoms with van der Waals surface area (Å²) in [6.07, 6.45) is -1.21. The number of carbonyl (C=O) groups is 1. The molecular weight excluding hydrogens is 364 g/mol. The maximum Gasteiger partial charge on any atom is 0.471 e. The third-order valence-corrected chi connectivity index (χ3v) is 3.79. The number of hydrogen-bond acceptors (Lipinski definition) is 4. The van der Waals surface area contributed by atoms with E-state index in [1.807, 2.05) is 0 Å². The summed E-state index contributed by atoms with van der Waals surface area (Å²) >= 11 is 5.88. The molecule has 0 aliphatic carbocycles. The van der Waals surface area contributed by atoms with Crippen LogP contribution in [0.25, 0.3) is 0 Å². The van der Waals surface area contributed by atoms with Gasteiger partial charge >= 0.3 is 7.82 Å². The highest BCUT2D eigenvalue weighted by Gasteiger charge is 2.24. The zero-order valence-electron chi connectivity index (χ0n) is 12.6. The molecule has 1 atom stereocenters. The summed E-state index contributed by atoms with van der Waals surface area (Å²) in [6.45, 7) is 3.00. The second-order valence-corrected chi connectivity index (χ2v) is 6.51. The van der Waals surface area contributed by atoms with Gasteiger partial charge in [0.25, 0.3) is 5.91 Å². The first-order valence-electron chi connectivity index (χ1n) is 6.63. The molecule has 2 rings (SSSR count). The van der Waals surface area contributed by atoms with Gasteiger partial charge in [-0.2, -0.15) is 5.10 Å². The quantitative estimate of drug-likeness (QED) is 0.690. The SMILES string of the molecule is Cc1ccc(NC(=O)c2cc(Cl)n(C(C)OP(=O)(O)O)n2)c(F)c1. The lowest BCUT2D eigenvalue weighted by molar-refractivity contribution is 0.0876. The van der Waals surface area contributed by atoms with Crippen LogP contribution in [-0.2, 0) is 9.09 Å². The van der Waals surface area contributed by atoms with Crippen molar-refractivity contribution in [2.45, 2.75) is 20.1 Å². The van der Waals surface area contributed by atoms with Gasteiger partial charge in [0, 0.05) is 6.07 Å². The predicted octanol–water partition coefficient (Wildman–Crippen LogP) is 2.86. The summed E-state index contributed by atoms with van der Waals surface area (Å²) < 4.78 is 29.9. The molecule has 1 unspecified atom stereocenters. The first-order chi connectivity index (χ1) is 11.1. The zero-order chi connectivity index (χ0) is 18.1. The van der Waals surface area contributed by atoms with Crippen LogP contribution in [0.5, 0.6) is 0 Å². The number of anilines is 1. The number of amides is 1. The molecule has 0 spiro atoms. The van der Waals surface area contributed by atoms with E-state index in [4.69, 9.17) is 21.4 Å². The molecule has 0 fully saturated rings. The van der Waals surface area contributed by atoms with Crippen molar-refractivity contribution < 1.29 is 28.1 Å². The highest BCUT2D eigenvalue weighted by atomic mass is 35.5. The number of nitrogens with zero attached hydrogens (tertiary/aromatic N) is 2. The van der Waals surface area contributed by atoms with Crippen molar-refractivity contribution in [1.29, 1.82) is 0 Å². The summed E-state index contributed by atoms with van der Waals surface area (Å²) in [4.78, 5) is 29.7. The van der Waals surface area contributed by atoms with Crippen molar-refractivity contribution in [3.63, 3.8) is 0 Å². The number of hydrogen-bond donors (Lipinski definition) is 3. The van der Waals surface area contributed by atoms with Crippen LogP contribution >= 0.6 is 19.4 Å². The molecular formula is C13H14ClFN3O5P. The van der Waals surface area contributed by atoms with Gasteiger partial charge in [-0.05, 0) is 31.5 Å². The van der Waals surface area contributed by atoms with Gasteiger partial charge in [-0.3, -0.25) is 9.32 Å². The standard InChI is InChI=1S/C13H14ClFN3O5P/c1-7-3-4-10(9(15)5-7)16-13(19)11-6-12(14)18(17-11)8(2)23-24(20,21)22/h3-6,8H,1-2H3,(H,16,19)(H2,20,21,22). The van der Waals surface area contributed by atoms with E-state index < -0.39 is 25.8 Å². The van der Waals surface area contributed by atoms with Crippen molar-refractivity contribution >= 4 is 31.0 Å². The van der Waals surface area contributed by atoms with Crippen molar-refractivity contribution in [1.82, 2.24) is 9.78 Å². The molecule has 0 saturated heterocycles. The van der Waals surface area contributed by atoms with Crippen LogP contribution in [-0.4, -0.2) is 25.5 Å². The Morgan fingerprint density at radius 3 is 2.71 bits per heavy atom. The van der Waals surface area contributed by atoms with Crippen molar-refractivity contribution in [3.8, 4) is 0 Å². The molecule has 24 heavy (non-hydrogen) atoms. The van der Waals surface area contributed by atoms with Gasteiger partial charge in [0.15, 0.2) is 11.9 Å². The number of carbonyl (C=O) groups excluding carboxylic acids is 1. The van der Waals surface area contributed by atoms with Gasteiger partial charge in [-0.15, -0.1) is 0 Å². The molecule has 1 heterocycles. The largest absolute Gasteiger partial charge is 0.471 e. The van der Waals surface area contributed by atoms with E-state index in [0.29, 0.717) is 5.56 Å². The number of halogens is 2. The van der Waals surface area contributed by atoms with Gasteiger partial charge in [0.2, 0.25) is 0 Å². The van der Waals surface area contributed by atoms with Crippen LogP contribution in [0.15, 0.2) is 24.3 Å². The molecule has 1 amide bonds. The lowest BCUT2D eigenvalue weighted by Gasteiger charge is -2.14. The second-order valence-electron chi connectivity index (χ2n) is 4.93. The van der Waals surface area contributed by atoms with Gasteiger partial charge in [0.1, 0.15) is 11.0 Å². The van der Waals surface area contributed by atoms with E-state index in [1.54, 1.807) is 13.0 Å². The molecule has 2 aromatic rings. The Balaban J connectivity index is 2.19. The number of aryl methyl sites for hydroxylation is 1. The lowest BCUT2D eigenvalue weighted by atomic mass is 10.2. The van der Waals surface area contributed by atoms with Crippen LogP contribution in [0.3, 0.4) is 0 Å². The Morgan fingerprint density at radius 1 is 1.46 bits per heavy atom. The molecule has 0 radical (unpaired) electrons. The van der Waals surface area contributed by atoms with E-state index in [-0.39, 0.29) is 16.5 Å². The average Bonchev–Trinajstić information content (AvgIpc) is 2.82. The molecule has 1 aromatic heterocycles. The third-order valence-electron chi connectivity index (χ3n) is 2.93. The van der Waals surface area contributed by atoms with Crippen LogP contribution in [0.2, 0.25) is 5.15 Å². The van der Waals surface area contributed by atoms with E-state index >= 15 is 0 Å². The molecule has 0 saturated carbocycles. The second kappa shape index (κ2) is 7.00.